The van der Waals surface area contributed by atoms with Gasteiger partial charge in [-0.05, 0) is 18.4 Å². The number of thioether (sulfide) groups is 1. The molecule has 1 aromatic heterocycles. The maximum absolute atomic E-state index is 12.1. The summed E-state index contributed by atoms with van der Waals surface area (Å²) >= 11 is 1.33. The highest BCUT2D eigenvalue weighted by molar-refractivity contribution is 7.99. The largest absolute Gasteiger partial charge is 0.370 e. The van der Waals surface area contributed by atoms with E-state index in [2.05, 4.69) is 15.5 Å². The molecule has 0 saturated heterocycles. The van der Waals surface area contributed by atoms with Crippen LogP contribution in [0.2, 0.25) is 0 Å². The Morgan fingerprint density at radius 2 is 2.00 bits per heavy atom. The number of nitrogens with zero attached hydrogens (tertiary/aromatic N) is 3. The van der Waals surface area contributed by atoms with Crippen molar-refractivity contribution in [2.24, 2.45) is 5.73 Å². The lowest BCUT2D eigenvalue weighted by Gasteiger charge is -2.09. The van der Waals surface area contributed by atoms with E-state index >= 15 is 0 Å². The fraction of sp³-hybridized carbons (Fsp3) is 0.412. The Labute approximate surface area is 150 Å². The molecule has 0 spiro atoms. The van der Waals surface area contributed by atoms with Crippen molar-refractivity contribution >= 4 is 23.6 Å². The van der Waals surface area contributed by atoms with Gasteiger partial charge in [0.1, 0.15) is 5.82 Å². The van der Waals surface area contributed by atoms with Crippen LogP contribution in [-0.2, 0) is 22.7 Å². The molecule has 1 aliphatic rings. The summed E-state index contributed by atoms with van der Waals surface area (Å²) in [6.07, 6.45) is 2.43. The normalized spacial score (nSPS) is 13.6. The van der Waals surface area contributed by atoms with E-state index in [9.17, 15) is 9.59 Å². The van der Waals surface area contributed by atoms with Gasteiger partial charge in [0, 0.05) is 25.4 Å². The molecule has 1 aliphatic carbocycles. The summed E-state index contributed by atoms with van der Waals surface area (Å²) in [6.45, 7) is 0.962. The molecule has 7 nitrogen and oxygen atoms in total. The molecule has 0 bridgehead atoms. The Hall–Kier alpha value is -2.35. The molecule has 2 amide bonds. The van der Waals surface area contributed by atoms with Gasteiger partial charge in [-0.2, -0.15) is 0 Å². The quantitative estimate of drug-likeness (QED) is 0.660. The Bertz CT molecular complexity index is 743. The van der Waals surface area contributed by atoms with Crippen LogP contribution in [0.25, 0.3) is 0 Å². The van der Waals surface area contributed by atoms with Gasteiger partial charge in [-0.3, -0.25) is 9.59 Å². The van der Waals surface area contributed by atoms with Crippen molar-refractivity contribution in [2.75, 3.05) is 5.75 Å². The first kappa shape index (κ1) is 17.5. The first-order chi connectivity index (χ1) is 12.1. The average Bonchev–Trinajstić information content (AvgIpc) is 3.38. The van der Waals surface area contributed by atoms with Crippen LogP contribution in [0, 0.1) is 0 Å². The van der Waals surface area contributed by atoms with Gasteiger partial charge >= 0.3 is 0 Å². The SMILES string of the molecule is NC(=O)CCn1c(SCC(=O)NCc2ccccc2)nnc1C1CC1. The number of aromatic nitrogens is 3. The zero-order chi connectivity index (χ0) is 17.6. The molecule has 1 fully saturated rings. The average molecular weight is 359 g/mol. The Morgan fingerprint density at radius 3 is 2.68 bits per heavy atom. The lowest BCUT2D eigenvalue weighted by Crippen LogP contribution is -2.24. The Balaban J connectivity index is 1.54. The summed E-state index contributed by atoms with van der Waals surface area (Å²) in [6, 6.07) is 9.76. The van der Waals surface area contributed by atoms with E-state index in [4.69, 9.17) is 5.73 Å². The van der Waals surface area contributed by atoms with E-state index in [1.54, 1.807) is 0 Å². The number of benzene rings is 1. The summed E-state index contributed by atoms with van der Waals surface area (Å²) in [5.41, 5.74) is 6.31. The monoisotopic (exact) mass is 359 g/mol. The van der Waals surface area contributed by atoms with Crippen LogP contribution in [0.4, 0.5) is 0 Å². The van der Waals surface area contributed by atoms with Crippen LogP contribution in [0.1, 0.15) is 36.6 Å². The van der Waals surface area contributed by atoms with Crippen molar-refractivity contribution in [1.82, 2.24) is 20.1 Å². The predicted octanol–water partition coefficient (Wildman–Crippen LogP) is 1.44. The van der Waals surface area contributed by atoms with Crippen LogP contribution in [0.3, 0.4) is 0 Å². The molecule has 3 N–H and O–H groups in total. The molecule has 0 unspecified atom stereocenters. The third kappa shape index (κ3) is 5.06. The summed E-state index contributed by atoms with van der Waals surface area (Å²) in [7, 11) is 0. The van der Waals surface area contributed by atoms with Gasteiger partial charge in [0.25, 0.3) is 0 Å². The third-order valence-electron chi connectivity index (χ3n) is 3.93. The second-order valence-electron chi connectivity index (χ2n) is 6.03. The minimum atomic E-state index is -0.355. The highest BCUT2D eigenvalue weighted by atomic mass is 32.2. The van der Waals surface area contributed by atoms with Gasteiger partial charge in [0.2, 0.25) is 11.8 Å². The fourth-order valence-corrected chi connectivity index (χ4v) is 3.26. The second kappa shape index (κ2) is 8.15. The number of rotatable bonds is 9. The molecule has 8 heteroatoms. The lowest BCUT2D eigenvalue weighted by atomic mass is 10.2. The number of hydrogen-bond donors (Lipinski definition) is 2. The van der Waals surface area contributed by atoms with E-state index in [0.717, 1.165) is 24.2 Å². The third-order valence-corrected chi connectivity index (χ3v) is 4.90. The van der Waals surface area contributed by atoms with E-state index in [1.807, 2.05) is 34.9 Å². The predicted molar refractivity (Wildman–Crippen MR) is 94.8 cm³/mol. The zero-order valence-electron chi connectivity index (χ0n) is 13.9. The molecule has 0 aliphatic heterocycles. The number of primary amides is 1. The molecule has 1 heterocycles. The molecule has 0 atom stereocenters. The molecule has 132 valence electrons. The van der Waals surface area contributed by atoms with E-state index in [0.29, 0.717) is 24.2 Å². The number of nitrogens with two attached hydrogens (primary N) is 1. The van der Waals surface area contributed by atoms with Crippen LogP contribution in [0.5, 0.6) is 0 Å². The minimum Gasteiger partial charge on any atom is -0.370 e. The number of carbonyl (C=O) groups excluding carboxylic acids is 2. The van der Waals surface area contributed by atoms with Crippen molar-refractivity contribution in [3.05, 3.63) is 41.7 Å². The molecule has 1 saturated carbocycles. The van der Waals surface area contributed by atoms with Crippen LogP contribution in [-0.4, -0.2) is 32.3 Å². The highest BCUT2D eigenvalue weighted by Gasteiger charge is 2.30. The molecule has 2 aromatic rings. The molecule has 25 heavy (non-hydrogen) atoms. The van der Waals surface area contributed by atoms with Crippen molar-refractivity contribution in [3.8, 4) is 0 Å². The number of nitrogens with one attached hydrogen (secondary N) is 1. The van der Waals surface area contributed by atoms with Crippen LogP contribution in [0.15, 0.2) is 35.5 Å². The second-order valence-corrected chi connectivity index (χ2v) is 6.98. The zero-order valence-corrected chi connectivity index (χ0v) is 14.7. The van der Waals surface area contributed by atoms with Crippen molar-refractivity contribution in [1.29, 1.82) is 0 Å². The summed E-state index contributed by atoms with van der Waals surface area (Å²) in [5, 5.41) is 12.0. The Morgan fingerprint density at radius 1 is 1.24 bits per heavy atom. The highest BCUT2D eigenvalue weighted by Crippen LogP contribution is 2.40. The van der Waals surface area contributed by atoms with Crippen molar-refractivity contribution < 1.29 is 9.59 Å². The van der Waals surface area contributed by atoms with Crippen molar-refractivity contribution in [3.63, 3.8) is 0 Å². The fourth-order valence-electron chi connectivity index (χ4n) is 2.46. The first-order valence-electron chi connectivity index (χ1n) is 8.28. The van der Waals surface area contributed by atoms with Gasteiger partial charge in [-0.25, -0.2) is 0 Å². The molecular formula is C17H21N5O2S. The number of hydrogen-bond acceptors (Lipinski definition) is 5. The number of carbonyl (C=O) groups is 2. The maximum Gasteiger partial charge on any atom is 0.230 e. The maximum atomic E-state index is 12.1. The minimum absolute atomic E-state index is 0.0636. The van der Waals surface area contributed by atoms with Gasteiger partial charge in [-0.1, -0.05) is 42.1 Å². The van der Waals surface area contributed by atoms with E-state index in [-0.39, 0.29) is 24.0 Å². The van der Waals surface area contributed by atoms with Gasteiger partial charge in [0.15, 0.2) is 5.16 Å². The number of amides is 2. The van der Waals surface area contributed by atoms with Gasteiger partial charge in [0.05, 0.1) is 5.75 Å². The molecule has 3 rings (SSSR count). The topological polar surface area (TPSA) is 103 Å². The molecule has 1 aromatic carbocycles. The molecule has 0 radical (unpaired) electrons. The Kier molecular flexibility index (Phi) is 5.70. The first-order valence-corrected chi connectivity index (χ1v) is 9.27. The summed E-state index contributed by atoms with van der Waals surface area (Å²) in [4.78, 5) is 23.1. The van der Waals surface area contributed by atoms with E-state index < -0.39 is 0 Å². The van der Waals surface area contributed by atoms with Crippen LogP contribution < -0.4 is 11.1 Å². The summed E-state index contributed by atoms with van der Waals surface area (Å²) in [5.74, 6) is 1.15. The molecular weight excluding hydrogens is 338 g/mol. The lowest BCUT2D eigenvalue weighted by molar-refractivity contribution is -0.119. The van der Waals surface area contributed by atoms with Gasteiger partial charge in [-0.15, -0.1) is 10.2 Å². The van der Waals surface area contributed by atoms with Crippen molar-refractivity contribution in [2.45, 2.75) is 43.4 Å². The van der Waals surface area contributed by atoms with Crippen LogP contribution >= 0.6 is 11.8 Å². The standard InChI is InChI=1S/C17H21N5O2S/c18-14(23)8-9-22-16(13-6-7-13)20-21-17(22)25-11-15(24)19-10-12-4-2-1-3-5-12/h1-5,13H,6-11H2,(H2,18,23)(H,19,24). The summed E-state index contributed by atoms with van der Waals surface area (Å²) < 4.78 is 1.93. The van der Waals surface area contributed by atoms with Gasteiger partial charge < -0.3 is 15.6 Å². The smallest absolute Gasteiger partial charge is 0.230 e. The van der Waals surface area contributed by atoms with E-state index in [1.165, 1.54) is 11.8 Å².